The van der Waals surface area contributed by atoms with Crippen LogP contribution in [-0.2, 0) is 22.8 Å². The minimum atomic E-state index is -2.58. The van der Waals surface area contributed by atoms with Gasteiger partial charge in [-0.25, -0.2) is 4.99 Å². The second kappa shape index (κ2) is 18.7. The smallest absolute Gasteiger partial charge is 0.451 e. The molecule has 0 spiro atoms. The molecule has 0 aliphatic carbocycles. The summed E-state index contributed by atoms with van der Waals surface area (Å²) in [5, 5.41) is 0. The summed E-state index contributed by atoms with van der Waals surface area (Å²) in [5.74, 6) is 0. The molecule has 0 aromatic rings. The Hall–Kier alpha value is -0.633. The third-order valence-corrected chi connectivity index (χ3v) is 7.12. The monoisotopic (exact) mass is 405 g/mol. The Morgan fingerprint density at radius 2 is 1.26 bits per heavy atom. The molecule has 0 N–H and O–H groups in total. The molecule has 0 aromatic carbocycles. The second-order valence-electron chi connectivity index (χ2n) is 6.28. The molecule has 0 aromatic heterocycles. The van der Waals surface area contributed by atoms with Crippen molar-refractivity contribution in [2.75, 3.05) is 39.6 Å². The second-order valence-corrected chi connectivity index (χ2v) is 9.01. The first-order valence-electron chi connectivity index (χ1n) is 10.9. The van der Waals surface area contributed by atoms with Gasteiger partial charge in [0.15, 0.2) is 0 Å². The van der Waals surface area contributed by atoms with Crippen molar-refractivity contribution >= 4 is 14.9 Å². The summed E-state index contributed by atoms with van der Waals surface area (Å²) in [6, 6.07) is 0.753. The lowest BCUT2D eigenvalue weighted by Gasteiger charge is -2.28. The van der Waals surface area contributed by atoms with Gasteiger partial charge in [-0.1, -0.05) is 39.0 Å². The van der Waals surface area contributed by atoms with Gasteiger partial charge in [0, 0.05) is 32.4 Å². The largest absolute Gasteiger partial charge is 0.500 e. The summed E-state index contributed by atoms with van der Waals surface area (Å²) in [6.45, 7) is 13.7. The van der Waals surface area contributed by atoms with E-state index in [1.54, 1.807) is 0 Å². The highest BCUT2D eigenvalue weighted by atomic mass is 28.4. The zero-order valence-electron chi connectivity index (χ0n) is 18.4. The van der Waals surface area contributed by atoms with Crippen LogP contribution in [0.2, 0.25) is 6.04 Å². The molecule has 0 aliphatic rings. The van der Waals surface area contributed by atoms with Gasteiger partial charge in [-0.3, -0.25) is 0 Å². The molecule has 0 atom stereocenters. The van der Waals surface area contributed by atoms with Gasteiger partial charge in [0.05, 0.1) is 13.2 Å². The number of nitrogens with zero attached hydrogens (tertiary/aromatic N) is 1. The number of unbranched alkanes of at least 4 members (excludes halogenated alkanes) is 5. The standard InChI is InChI=1S/C20H43NO5Si/c1-6-11-12-13-14-15-18-23-20(22-7-2)21-17-16-19-27(24-8-3,25-9-4)26-10-5/h6-19H2,1-5H3. The predicted molar refractivity (Wildman–Crippen MR) is 113 cm³/mol. The first kappa shape index (κ1) is 26.4. The van der Waals surface area contributed by atoms with E-state index in [1.165, 1.54) is 32.1 Å². The van der Waals surface area contributed by atoms with Gasteiger partial charge >= 0.3 is 14.9 Å². The van der Waals surface area contributed by atoms with Crippen LogP contribution < -0.4 is 0 Å². The number of ether oxygens (including phenoxy) is 2. The van der Waals surface area contributed by atoms with Crippen LogP contribution in [0.1, 0.15) is 79.6 Å². The summed E-state index contributed by atoms with van der Waals surface area (Å²) in [7, 11) is -2.58. The summed E-state index contributed by atoms with van der Waals surface area (Å²) in [4.78, 5) is 4.47. The normalized spacial score (nSPS) is 12.4. The van der Waals surface area contributed by atoms with Gasteiger partial charge in [0.1, 0.15) is 0 Å². The van der Waals surface area contributed by atoms with Crippen LogP contribution in [0.4, 0.5) is 0 Å². The zero-order valence-corrected chi connectivity index (χ0v) is 19.4. The van der Waals surface area contributed by atoms with Crippen molar-refractivity contribution in [3.8, 4) is 0 Å². The van der Waals surface area contributed by atoms with Crippen LogP contribution in [0.25, 0.3) is 0 Å². The third-order valence-electron chi connectivity index (χ3n) is 3.97. The van der Waals surface area contributed by atoms with Crippen molar-refractivity contribution in [2.24, 2.45) is 4.99 Å². The van der Waals surface area contributed by atoms with Gasteiger partial charge < -0.3 is 22.8 Å². The van der Waals surface area contributed by atoms with Crippen LogP contribution in [0, 0.1) is 0 Å². The van der Waals surface area contributed by atoms with Crippen molar-refractivity contribution in [3.05, 3.63) is 0 Å². The van der Waals surface area contributed by atoms with Crippen LogP contribution >= 0.6 is 0 Å². The quantitative estimate of drug-likeness (QED) is 0.136. The van der Waals surface area contributed by atoms with E-state index in [0.717, 1.165) is 18.9 Å². The van der Waals surface area contributed by atoms with Gasteiger partial charge in [-0.15, -0.1) is 0 Å². The Morgan fingerprint density at radius 1 is 0.667 bits per heavy atom. The van der Waals surface area contributed by atoms with E-state index in [1.807, 2.05) is 27.7 Å². The Balaban J connectivity index is 4.27. The molecule has 0 bridgehead atoms. The first-order chi connectivity index (χ1) is 13.2. The molecule has 0 unspecified atom stereocenters. The molecule has 7 heteroatoms. The number of hydrogen-bond donors (Lipinski definition) is 0. The SMILES string of the molecule is CCCCCCCCOC(=NCCC[Si](OCC)(OCC)OCC)OCC. The lowest BCUT2D eigenvalue weighted by atomic mass is 10.1. The maximum atomic E-state index is 5.87. The van der Waals surface area contributed by atoms with Crippen molar-refractivity contribution in [1.82, 2.24) is 0 Å². The Labute approximate surface area is 168 Å². The van der Waals surface area contributed by atoms with Crippen LogP contribution in [-0.4, -0.2) is 54.5 Å². The van der Waals surface area contributed by atoms with Crippen molar-refractivity contribution in [1.29, 1.82) is 0 Å². The van der Waals surface area contributed by atoms with E-state index in [4.69, 9.17) is 22.8 Å². The summed E-state index contributed by atoms with van der Waals surface area (Å²) >= 11 is 0. The van der Waals surface area contributed by atoms with E-state index in [0.29, 0.717) is 45.7 Å². The molecule has 0 fully saturated rings. The molecule has 162 valence electrons. The molecule has 0 heterocycles. The number of rotatable bonds is 18. The molecule has 0 aliphatic heterocycles. The van der Waals surface area contributed by atoms with E-state index < -0.39 is 8.80 Å². The van der Waals surface area contributed by atoms with E-state index in [-0.39, 0.29) is 0 Å². The van der Waals surface area contributed by atoms with Crippen molar-refractivity contribution in [2.45, 2.75) is 85.6 Å². The fraction of sp³-hybridized carbons (Fsp3) is 0.950. The Morgan fingerprint density at radius 3 is 1.81 bits per heavy atom. The molecule has 0 radical (unpaired) electrons. The van der Waals surface area contributed by atoms with Gasteiger partial charge in [0.2, 0.25) is 0 Å². The topological polar surface area (TPSA) is 58.5 Å². The molecular weight excluding hydrogens is 362 g/mol. The highest BCUT2D eigenvalue weighted by molar-refractivity contribution is 6.60. The fourth-order valence-electron chi connectivity index (χ4n) is 2.77. The van der Waals surface area contributed by atoms with Crippen molar-refractivity contribution in [3.63, 3.8) is 0 Å². The van der Waals surface area contributed by atoms with Crippen LogP contribution in [0.3, 0.4) is 0 Å². The first-order valence-corrected chi connectivity index (χ1v) is 12.8. The molecular formula is C20H43NO5Si. The zero-order chi connectivity index (χ0) is 20.2. The maximum Gasteiger partial charge on any atom is 0.500 e. The average Bonchev–Trinajstić information content (AvgIpc) is 2.65. The Bertz CT molecular complexity index is 338. The van der Waals surface area contributed by atoms with E-state index in [2.05, 4.69) is 11.9 Å². The number of aliphatic imine (C=N–C) groups is 1. The lowest BCUT2D eigenvalue weighted by molar-refractivity contribution is 0.0709. The van der Waals surface area contributed by atoms with E-state index in [9.17, 15) is 0 Å². The summed E-state index contributed by atoms with van der Waals surface area (Å²) < 4.78 is 28.8. The highest BCUT2D eigenvalue weighted by Gasteiger charge is 2.39. The molecule has 6 nitrogen and oxygen atoms in total. The fourth-order valence-corrected chi connectivity index (χ4v) is 5.36. The molecule has 0 amide bonds. The molecule has 0 saturated carbocycles. The summed E-state index contributed by atoms with van der Waals surface area (Å²) in [6.07, 6.45) is 8.66. The lowest BCUT2D eigenvalue weighted by Crippen LogP contribution is -2.46. The number of hydrogen-bond acceptors (Lipinski definition) is 6. The minimum Gasteiger partial charge on any atom is -0.451 e. The Kier molecular flexibility index (Phi) is 18.3. The van der Waals surface area contributed by atoms with Gasteiger partial charge in [-0.05, 0) is 40.5 Å². The maximum absolute atomic E-state index is 5.87. The highest BCUT2D eigenvalue weighted by Crippen LogP contribution is 2.18. The van der Waals surface area contributed by atoms with Gasteiger partial charge in [0.25, 0.3) is 0 Å². The van der Waals surface area contributed by atoms with Crippen LogP contribution in [0.5, 0.6) is 0 Å². The molecule has 0 rings (SSSR count). The predicted octanol–water partition coefficient (Wildman–Crippen LogP) is 5.19. The van der Waals surface area contributed by atoms with Crippen LogP contribution in [0.15, 0.2) is 4.99 Å². The van der Waals surface area contributed by atoms with Crippen molar-refractivity contribution < 1.29 is 22.8 Å². The van der Waals surface area contributed by atoms with E-state index >= 15 is 0 Å². The summed E-state index contributed by atoms with van der Waals surface area (Å²) in [5.41, 5.74) is 0. The third kappa shape index (κ3) is 14.1. The molecule has 27 heavy (non-hydrogen) atoms. The average molecular weight is 406 g/mol. The molecule has 0 saturated heterocycles. The minimum absolute atomic E-state index is 0.405. The van der Waals surface area contributed by atoms with Gasteiger partial charge in [-0.2, -0.15) is 0 Å².